The van der Waals surface area contributed by atoms with Crippen LogP contribution in [0, 0.1) is 11.8 Å². The minimum atomic E-state index is -0.316. The molecule has 1 aromatic carbocycles. The van der Waals surface area contributed by atoms with Crippen molar-refractivity contribution in [2.24, 2.45) is 11.8 Å². The van der Waals surface area contributed by atoms with Crippen molar-refractivity contribution in [3.05, 3.63) is 23.8 Å². The summed E-state index contributed by atoms with van der Waals surface area (Å²) in [5, 5.41) is 2.73. The van der Waals surface area contributed by atoms with Gasteiger partial charge in [-0.1, -0.05) is 6.92 Å². The van der Waals surface area contributed by atoms with E-state index in [9.17, 15) is 14.4 Å². The van der Waals surface area contributed by atoms with Crippen molar-refractivity contribution >= 4 is 23.4 Å². The zero-order chi connectivity index (χ0) is 24.8. The first kappa shape index (κ1) is 26.0. The fourth-order valence-corrected chi connectivity index (χ4v) is 4.22. The molecule has 0 spiro atoms. The Morgan fingerprint density at radius 3 is 2.56 bits per heavy atom. The first-order valence-corrected chi connectivity index (χ1v) is 11.9. The molecule has 1 aliphatic carbocycles. The lowest BCUT2D eigenvalue weighted by molar-refractivity contribution is -0.135. The maximum Gasteiger partial charge on any atom is 0.257 e. The second kappa shape index (κ2) is 11.7. The van der Waals surface area contributed by atoms with Crippen molar-refractivity contribution in [1.29, 1.82) is 0 Å². The molecule has 1 heterocycles. The molecule has 0 unspecified atom stereocenters. The summed E-state index contributed by atoms with van der Waals surface area (Å²) in [5.74, 6) is 0.506. The van der Waals surface area contributed by atoms with Crippen LogP contribution in [0.3, 0.4) is 0 Å². The van der Waals surface area contributed by atoms with Crippen LogP contribution in [-0.4, -0.2) is 87.2 Å². The van der Waals surface area contributed by atoms with Crippen molar-refractivity contribution in [1.82, 2.24) is 9.80 Å². The van der Waals surface area contributed by atoms with Crippen LogP contribution < -0.4 is 10.1 Å². The van der Waals surface area contributed by atoms with E-state index < -0.39 is 0 Å². The molecule has 34 heavy (non-hydrogen) atoms. The first-order valence-electron chi connectivity index (χ1n) is 11.9. The van der Waals surface area contributed by atoms with E-state index >= 15 is 0 Å². The quantitative estimate of drug-likeness (QED) is 0.679. The molecule has 9 nitrogen and oxygen atoms in total. The van der Waals surface area contributed by atoms with Gasteiger partial charge >= 0.3 is 0 Å². The number of hydrogen-bond acceptors (Lipinski definition) is 6. The van der Waals surface area contributed by atoms with Gasteiger partial charge in [0.2, 0.25) is 11.8 Å². The van der Waals surface area contributed by atoms with Gasteiger partial charge in [0.15, 0.2) is 0 Å². The van der Waals surface area contributed by atoms with Gasteiger partial charge in [-0.2, -0.15) is 0 Å². The largest absolute Gasteiger partial charge is 0.491 e. The molecule has 3 atom stereocenters. The Hall–Kier alpha value is -2.65. The summed E-state index contributed by atoms with van der Waals surface area (Å²) in [7, 11) is 4.79. The van der Waals surface area contributed by atoms with Crippen LogP contribution in [0.4, 0.5) is 5.69 Å². The molecule has 0 saturated heterocycles. The number of fused-ring (bicyclic) bond motifs is 1. The number of nitrogens with one attached hydrogen (secondary N) is 1. The second-order valence-electron chi connectivity index (χ2n) is 9.48. The van der Waals surface area contributed by atoms with Crippen molar-refractivity contribution in [2.45, 2.75) is 45.3 Å². The van der Waals surface area contributed by atoms with Gasteiger partial charge in [0.05, 0.1) is 17.7 Å². The maximum absolute atomic E-state index is 13.4. The second-order valence-corrected chi connectivity index (χ2v) is 9.48. The Kier molecular flexibility index (Phi) is 8.90. The van der Waals surface area contributed by atoms with Gasteiger partial charge < -0.3 is 29.3 Å². The van der Waals surface area contributed by atoms with Gasteiger partial charge in [0.1, 0.15) is 19.0 Å². The standard InChI is InChI=1S/C25H37N3O6/c1-16-12-28(24(30)10-18-6-7-18)17(2)14-34-21-9-8-19(26-23(29)15-32-4)11-20(21)25(31)27(3)13-22(16)33-5/h8-9,11,16-18,22H,6-7,10,12-15H2,1-5H3,(H,26,29)/t16-,17+,22+/m0/s1. The fourth-order valence-electron chi connectivity index (χ4n) is 4.22. The molecular weight excluding hydrogens is 438 g/mol. The van der Waals surface area contributed by atoms with Crippen LogP contribution in [0.1, 0.15) is 43.5 Å². The van der Waals surface area contributed by atoms with E-state index in [1.807, 2.05) is 18.7 Å². The van der Waals surface area contributed by atoms with Gasteiger partial charge in [-0.25, -0.2) is 0 Å². The summed E-state index contributed by atoms with van der Waals surface area (Å²) in [6.45, 7) is 5.07. The van der Waals surface area contributed by atoms with Crippen molar-refractivity contribution in [3.8, 4) is 5.75 Å². The topological polar surface area (TPSA) is 97.4 Å². The molecule has 1 aliphatic heterocycles. The molecule has 3 amide bonds. The Balaban J connectivity index is 1.90. The SMILES string of the molecule is COCC(=O)Nc1ccc2c(c1)C(=O)N(C)C[C@@H](OC)[C@@H](C)CN(C(=O)CC1CC1)[C@H](C)CO2. The van der Waals surface area contributed by atoms with E-state index in [1.165, 1.54) is 7.11 Å². The number of likely N-dealkylation sites (N-methyl/N-ethyl adjacent to an activating group) is 1. The van der Waals surface area contributed by atoms with E-state index in [2.05, 4.69) is 5.32 Å². The van der Waals surface area contributed by atoms with E-state index in [1.54, 1.807) is 37.3 Å². The lowest BCUT2D eigenvalue weighted by atomic mass is 10.0. The highest BCUT2D eigenvalue weighted by molar-refractivity contribution is 5.99. The number of hydrogen-bond donors (Lipinski definition) is 1. The van der Waals surface area contributed by atoms with E-state index in [0.29, 0.717) is 42.4 Å². The number of nitrogens with zero attached hydrogens (tertiary/aromatic N) is 2. The highest BCUT2D eigenvalue weighted by Gasteiger charge is 2.33. The normalized spacial score (nSPS) is 23.9. The fraction of sp³-hybridized carbons (Fsp3) is 0.640. The minimum absolute atomic E-state index is 0.0180. The number of benzene rings is 1. The number of amides is 3. The zero-order valence-electron chi connectivity index (χ0n) is 20.8. The average Bonchev–Trinajstić information content (AvgIpc) is 3.62. The number of carbonyl (C=O) groups excluding carboxylic acids is 3. The molecule has 0 radical (unpaired) electrons. The molecule has 188 valence electrons. The van der Waals surface area contributed by atoms with Crippen LogP contribution in [0.15, 0.2) is 18.2 Å². The van der Waals surface area contributed by atoms with Gasteiger partial charge in [-0.15, -0.1) is 0 Å². The molecule has 0 aromatic heterocycles. The molecular formula is C25H37N3O6. The maximum atomic E-state index is 13.4. The number of ether oxygens (including phenoxy) is 3. The van der Waals surface area contributed by atoms with Crippen molar-refractivity contribution < 1.29 is 28.6 Å². The van der Waals surface area contributed by atoms with E-state index in [4.69, 9.17) is 14.2 Å². The molecule has 1 aromatic rings. The molecule has 9 heteroatoms. The summed E-state index contributed by atoms with van der Waals surface area (Å²) >= 11 is 0. The highest BCUT2D eigenvalue weighted by Crippen LogP contribution is 2.33. The Labute approximate surface area is 201 Å². The highest BCUT2D eigenvalue weighted by atomic mass is 16.5. The first-order chi connectivity index (χ1) is 16.2. The third kappa shape index (κ3) is 6.70. The number of rotatable bonds is 6. The van der Waals surface area contributed by atoms with Crippen molar-refractivity contribution in [3.63, 3.8) is 0 Å². The minimum Gasteiger partial charge on any atom is -0.491 e. The van der Waals surface area contributed by atoms with Crippen molar-refractivity contribution in [2.75, 3.05) is 52.9 Å². The monoisotopic (exact) mass is 475 g/mol. The van der Waals surface area contributed by atoms with Gasteiger partial charge in [-0.3, -0.25) is 14.4 Å². The molecule has 1 fully saturated rings. The van der Waals surface area contributed by atoms with E-state index in [-0.39, 0.29) is 49.0 Å². The smallest absolute Gasteiger partial charge is 0.257 e. The van der Waals surface area contributed by atoms with Gasteiger partial charge in [0.25, 0.3) is 5.91 Å². The zero-order valence-corrected chi connectivity index (χ0v) is 20.8. The third-order valence-corrected chi connectivity index (χ3v) is 6.48. The number of anilines is 1. The van der Waals surface area contributed by atoms with E-state index in [0.717, 1.165) is 12.8 Å². The molecule has 3 rings (SSSR count). The lowest BCUT2D eigenvalue weighted by Crippen LogP contribution is -2.48. The number of methoxy groups -OCH3 is 2. The summed E-state index contributed by atoms with van der Waals surface area (Å²) in [6, 6.07) is 4.80. The predicted octanol–water partition coefficient (Wildman–Crippen LogP) is 2.40. The van der Waals surface area contributed by atoms with Gasteiger partial charge in [0, 0.05) is 52.4 Å². The molecule has 0 bridgehead atoms. The van der Waals surface area contributed by atoms with Crippen LogP contribution in [0.25, 0.3) is 0 Å². The summed E-state index contributed by atoms with van der Waals surface area (Å²) < 4.78 is 16.7. The Morgan fingerprint density at radius 2 is 1.91 bits per heavy atom. The van der Waals surface area contributed by atoms with Gasteiger partial charge in [-0.05, 0) is 43.9 Å². The van der Waals surface area contributed by atoms with Crippen LogP contribution >= 0.6 is 0 Å². The molecule has 2 aliphatic rings. The van der Waals surface area contributed by atoms with Crippen LogP contribution in [0.5, 0.6) is 5.75 Å². The van der Waals surface area contributed by atoms with Crippen LogP contribution in [-0.2, 0) is 19.1 Å². The molecule has 1 saturated carbocycles. The Morgan fingerprint density at radius 1 is 1.18 bits per heavy atom. The average molecular weight is 476 g/mol. The third-order valence-electron chi connectivity index (χ3n) is 6.48. The number of carbonyl (C=O) groups is 3. The molecule has 1 N–H and O–H groups in total. The summed E-state index contributed by atoms with van der Waals surface area (Å²) in [4.78, 5) is 41.9. The lowest BCUT2D eigenvalue weighted by Gasteiger charge is -2.36. The van der Waals surface area contributed by atoms with Crippen LogP contribution in [0.2, 0.25) is 0 Å². The Bertz CT molecular complexity index is 887. The summed E-state index contributed by atoms with van der Waals surface area (Å²) in [6.07, 6.45) is 2.55. The predicted molar refractivity (Wildman–Crippen MR) is 128 cm³/mol. The summed E-state index contributed by atoms with van der Waals surface area (Å²) in [5.41, 5.74) is 0.813.